The van der Waals surface area contributed by atoms with Crippen molar-refractivity contribution in [3.63, 3.8) is 0 Å². The lowest BCUT2D eigenvalue weighted by Gasteiger charge is -1.94. The molecule has 1 aromatic heterocycles. The molecule has 0 atom stereocenters. The van der Waals surface area contributed by atoms with Crippen LogP contribution in [0.4, 0.5) is 0 Å². The van der Waals surface area contributed by atoms with Gasteiger partial charge in [-0.05, 0) is 23.8 Å². The number of aromatic nitrogens is 1. The van der Waals surface area contributed by atoms with Crippen molar-refractivity contribution in [1.82, 2.24) is 4.98 Å². The van der Waals surface area contributed by atoms with Gasteiger partial charge < -0.3 is 4.98 Å². The summed E-state index contributed by atoms with van der Waals surface area (Å²) in [6.07, 6.45) is 5.20. The smallest absolute Gasteiger partial charge is 0.0912 e. The van der Waals surface area contributed by atoms with E-state index in [9.17, 15) is 0 Å². The summed E-state index contributed by atoms with van der Waals surface area (Å²) in [7, 11) is 0. The molecule has 0 unspecified atom stereocenters. The Hall–Kier alpha value is -2.01. The van der Waals surface area contributed by atoms with Crippen molar-refractivity contribution in [1.29, 1.82) is 5.26 Å². The highest BCUT2D eigenvalue weighted by atomic mass is 14.7. The van der Waals surface area contributed by atoms with Crippen molar-refractivity contribution in [3.8, 4) is 6.07 Å². The highest BCUT2D eigenvalue weighted by Gasteiger charge is 1.96. The average Bonchev–Trinajstić information content (AvgIpc) is 2.62. The standard InChI is InChI=1S/C11H8N2/c12-7-2-4-9-3-1-5-11-10(9)6-8-13-11/h1-6,8,13H/b4-2+. The topological polar surface area (TPSA) is 39.6 Å². The van der Waals surface area contributed by atoms with Crippen LogP contribution >= 0.6 is 0 Å². The van der Waals surface area contributed by atoms with Gasteiger partial charge in [0, 0.05) is 23.2 Å². The Kier molecular flexibility index (Phi) is 1.85. The molecule has 0 fully saturated rings. The van der Waals surface area contributed by atoms with Gasteiger partial charge in [0.2, 0.25) is 0 Å². The molecule has 62 valence electrons. The second kappa shape index (κ2) is 3.16. The van der Waals surface area contributed by atoms with Gasteiger partial charge in [0.1, 0.15) is 0 Å². The van der Waals surface area contributed by atoms with Crippen LogP contribution in [0.25, 0.3) is 17.0 Å². The molecule has 0 saturated carbocycles. The number of nitrogens with one attached hydrogen (secondary N) is 1. The van der Waals surface area contributed by atoms with Gasteiger partial charge in [-0.2, -0.15) is 5.26 Å². The molecule has 0 aliphatic carbocycles. The van der Waals surface area contributed by atoms with Gasteiger partial charge in [-0.15, -0.1) is 0 Å². The second-order valence-electron chi connectivity index (χ2n) is 2.75. The maximum Gasteiger partial charge on any atom is 0.0912 e. The van der Waals surface area contributed by atoms with Crippen LogP contribution in [0.2, 0.25) is 0 Å². The lowest BCUT2D eigenvalue weighted by Crippen LogP contribution is -1.73. The number of hydrogen-bond acceptors (Lipinski definition) is 1. The third-order valence-electron chi connectivity index (χ3n) is 1.97. The highest BCUT2D eigenvalue weighted by molar-refractivity contribution is 5.88. The number of nitriles is 1. The Labute approximate surface area is 76.1 Å². The maximum atomic E-state index is 8.41. The summed E-state index contributed by atoms with van der Waals surface area (Å²) in [5, 5.41) is 9.55. The summed E-state index contributed by atoms with van der Waals surface area (Å²) in [4.78, 5) is 3.12. The number of benzene rings is 1. The van der Waals surface area contributed by atoms with Gasteiger partial charge in [-0.25, -0.2) is 0 Å². The lowest BCUT2D eigenvalue weighted by atomic mass is 10.1. The van der Waals surface area contributed by atoms with Crippen molar-refractivity contribution in [3.05, 3.63) is 42.1 Å². The molecule has 13 heavy (non-hydrogen) atoms. The van der Waals surface area contributed by atoms with Gasteiger partial charge in [-0.3, -0.25) is 0 Å². The van der Waals surface area contributed by atoms with E-state index >= 15 is 0 Å². The molecular weight excluding hydrogens is 160 g/mol. The molecule has 0 saturated heterocycles. The molecule has 1 heterocycles. The Morgan fingerprint density at radius 3 is 3.08 bits per heavy atom. The molecule has 0 amide bonds. The Bertz CT molecular complexity index is 486. The Morgan fingerprint density at radius 1 is 1.31 bits per heavy atom. The zero-order valence-corrected chi connectivity index (χ0v) is 6.99. The lowest BCUT2D eigenvalue weighted by molar-refractivity contribution is 1.48. The van der Waals surface area contributed by atoms with Gasteiger partial charge >= 0.3 is 0 Å². The van der Waals surface area contributed by atoms with Crippen molar-refractivity contribution >= 4 is 17.0 Å². The Balaban J connectivity index is 2.62. The van der Waals surface area contributed by atoms with Crippen molar-refractivity contribution in [2.24, 2.45) is 0 Å². The third kappa shape index (κ3) is 1.32. The van der Waals surface area contributed by atoms with E-state index < -0.39 is 0 Å². The molecule has 0 spiro atoms. The fourth-order valence-electron chi connectivity index (χ4n) is 1.38. The summed E-state index contributed by atoms with van der Waals surface area (Å²) < 4.78 is 0. The van der Waals surface area contributed by atoms with Crippen LogP contribution < -0.4 is 0 Å². The number of hydrogen-bond donors (Lipinski definition) is 1. The minimum Gasteiger partial charge on any atom is -0.361 e. The monoisotopic (exact) mass is 168 g/mol. The summed E-state index contributed by atoms with van der Waals surface area (Å²) in [5.41, 5.74) is 2.17. The first kappa shape index (κ1) is 7.63. The predicted octanol–water partition coefficient (Wildman–Crippen LogP) is 2.70. The van der Waals surface area contributed by atoms with E-state index in [2.05, 4.69) is 4.98 Å². The van der Waals surface area contributed by atoms with Gasteiger partial charge in [0.25, 0.3) is 0 Å². The average molecular weight is 168 g/mol. The van der Waals surface area contributed by atoms with Crippen LogP contribution in [0.3, 0.4) is 0 Å². The fraction of sp³-hybridized carbons (Fsp3) is 0. The van der Waals surface area contributed by atoms with E-state index in [0.29, 0.717) is 0 Å². The van der Waals surface area contributed by atoms with E-state index in [0.717, 1.165) is 16.5 Å². The van der Waals surface area contributed by atoms with Gasteiger partial charge in [0.05, 0.1) is 6.07 Å². The first-order valence-corrected chi connectivity index (χ1v) is 4.04. The van der Waals surface area contributed by atoms with Crippen LogP contribution in [-0.2, 0) is 0 Å². The van der Waals surface area contributed by atoms with E-state index in [4.69, 9.17) is 5.26 Å². The summed E-state index contributed by atoms with van der Waals surface area (Å²) in [6, 6.07) is 9.96. The van der Waals surface area contributed by atoms with E-state index in [-0.39, 0.29) is 0 Å². The van der Waals surface area contributed by atoms with Crippen molar-refractivity contribution in [2.45, 2.75) is 0 Å². The number of rotatable bonds is 1. The number of aromatic amines is 1. The van der Waals surface area contributed by atoms with Crippen LogP contribution in [0.5, 0.6) is 0 Å². The maximum absolute atomic E-state index is 8.41. The van der Waals surface area contributed by atoms with Crippen molar-refractivity contribution in [2.75, 3.05) is 0 Å². The minimum absolute atomic E-state index is 1.07. The van der Waals surface area contributed by atoms with E-state index in [1.165, 1.54) is 6.08 Å². The number of H-pyrrole nitrogens is 1. The molecule has 0 aliphatic rings. The Morgan fingerprint density at radius 2 is 2.23 bits per heavy atom. The molecule has 0 radical (unpaired) electrons. The molecular formula is C11H8N2. The third-order valence-corrected chi connectivity index (χ3v) is 1.97. The number of fused-ring (bicyclic) bond motifs is 1. The zero-order valence-electron chi connectivity index (χ0n) is 6.99. The first-order chi connectivity index (χ1) is 6.42. The SMILES string of the molecule is N#C/C=C/c1cccc2[nH]ccc12. The number of allylic oxidation sites excluding steroid dienone is 1. The van der Waals surface area contributed by atoms with Gasteiger partial charge in [0.15, 0.2) is 0 Å². The minimum atomic E-state index is 1.07. The quantitative estimate of drug-likeness (QED) is 0.653. The number of nitrogens with zero attached hydrogens (tertiary/aromatic N) is 1. The van der Waals surface area contributed by atoms with Crippen LogP contribution in [0, 0.1) is 11.3 Å². The van der Waals surface area contributed by atoms with E-state index in [1.54, 1.807) is 0 Å². The van der Waals surface area contributed by atoms with Crippen molar-refractivity contribution < 1.29 is 0 Å². The molecule has 0 aliphatic heterocycles. The fourth-order valence-corrected chi connectivity index (χ4v) is 1.38. The largest absolute Gasteiger partial charge is 0.361 e. The van der Waals surface area contributed by atoms with E-state index in [1.807, 2.05) is 42.6 Å². The first-order valence-electron chi connectivity index (χ1n) is 4.04. The molecule has 2 heteroatoms. The predicted molar refractivity (Wildman–Crippen MR) is 52.9 cm³/mol. The summed E-state index contributed by atoms with van der Waals surface area (Å²) in [6.45, 7) is 0. The van der Waals surface area contributed by atoms with Gasteiger partial charge in [-0.1, -0.05) is 12.1 Å². The molecule has 1 N–H and O–H groups in total. The molecule has 2 rings (SSSR count). The summed E-state index contributed by atoms with van der Waals surface area (Å²) in [5.74, 6) is 0. The van der Waals surface area contributed by atoms with Crippen LogP contribution in [-0.4, -0.2) is 4.98 Å². The normalized spacial score (nSPS) is 10.7. The van der Waals surface area contributed by atoms with Crippen LogP contribution in [0.15, 0.2) is 36.5 Å². The zero-order chi connectivity index (χ0) is 9.10. The molecule has 1 aromatic carbocycles. The molecule has 2 nitrogen and oxygen atoms in total. The summed E-state index contributed by atoms with van der Waals surface area (Å²) >= 11 is 0. The molecule has 2 aromatic rings. The second-order valence-corrected chi connectivity index (χ2v) is 2.75. The molecule has 0 bridgehead atoms. The van der Waals surface area contributed by atoms with Crippen LogP contribution in [0.1, 0.15) is 5.56 Å². The highest BCUT2D eigenvalue weighted by Crippen LogP contribution is 2.18.